The van der Waals surface area contributed by atoms with E-state index in [4.69, 9.17) is 18.0 Å². The van der Waals surface area contributed by atoms with Gasteiger partial charge in [-0.15, -0.1) is 11.3 Å². The second kappa shape index (κ2) is 3.03. The van der Waals surface area contributed by atoms with Gasteiger partial charge in [0.15, 0.2) is 0 Å². The maximum absolute atomic E-state index is 6.00. The highest BCUT2D eigenvalue weighted by atomic mass is 32.1. The average molecular weight is 225 g/mol. The molecule has 0 saturated heterocycles. The molecule has 0 saturated carbocycles. The second-order valence-electron chi connectivity index (χ2n) is 3.30. The minimum Gasteiger partial charge on any atom is -0.384 e. The first kappa shape index (κ1) is 9.61. The van der Waals surface area contributed by atoms with E-state index in [2.05, 4.69) is 18.8 Å². The Hall–Kier alpha value is -0.940. The molecule has 2 rings (SSSR count). The topological polar surface area (TPSA) is 43.8 Å². The summed E-state index contributed by atoms with van der Waals surface area (Å²) in [5.41, 5.74) is 7.21. The molecule has 74 valence electrons. The van der Waals surface area contributed by atoms with Crippen LogP contribution in [0, 0.1) is 18.6 Å². The zero-order valence-corrected chi connectivity index (χ0v) is 9.92. The molecule has 0 bridgehead atoms. The van der Waals surface area contributed by atoms with Gasteiger partial charge in [-0.1, -0.05) is 0 Å². The van der Waals surface area contributed by atoms with Gasteiger partial charge >= 0.3 is 0 Å². The van der Waals surface area contributed by atoms with Crippen LogP contribution in [0.15, 0.2) is 0 Å². The van der Waals surface area contributed by atoms with E-state index in [0.717, 1.165) is 10.2 Å². The van der Waals surface area contributed by atoms with Crippen LogP contribution in [0.5, 0.6) is 0 Å². The van der Waals surface area contributed by atoms with E-state index >= 15 is 0 Å². The van der Waals surface area contributed by atoms with Crippen molar-refractivity contribution in [2.45, 2.75) is 13.8 Å². The number of rotatable bonds is 0. The van der Waals surface area contributed by atoms with Crippen LogP contribution in [0.2, 0.25) is 0 Å². The Bertz CT molecular complexity index is 565. The van der Waals surface area contributed by atoms with Crippen molar-refractivity contribution in [3.63, 3.8) is 0 Å². The Morgan fingerprint density at radius 1 is 1.43 bits per heavy atom. The third-order valence-electron chi connectivity index (χ3n) is 2.47. The summed E-state index contributed by atoms with van der Waals surface area (Å²) in [6, 6.07) is 0. The van der Waals surface area contributed by atoms with Crippen LogP contribution in [0.4, 0.5) is 5.82 Å². The van der Waals surface area contributed by atoms with Crippen LogP contribution >= 0.6 is 23.6 Å². The van der Waals surface area contributed by atoms with Gasteiger partial charge in [-0.25, -0.2) is 4.98 Å². The molecule has 0 aliphatic rings. The highest BCUT2D eigenvalue weighted by molar-refractivity contribution is 7.71. The highest BCUT2D eigenvalue weighted by Gasteiger charge is 2.11. The third kappa shape index (κ3) is 1.16. The SMILES string of the molecule is Cc1sc2nc(=S)n(C)c(N)c2c1C. The average Bonchev–Trinajstić information content (AvgIpc) is 2.39. The molecule has 0 aliphatic heterocycles. The summed E-state index contributed by atoms with van der Waals surface area (Å²) < 4.78 is 2.29. The van der Waals surface area contributed by atoms with E-state index in [1.165, 1.54) is 10.4 Å². The van der Waals surface area contributed by atoms with Crippen molar-refractivity contribution in [1.29, 1.82) is 0 Å². The largest absolute Gasteiger partial charge is 0.384 e. The molecule has 0 aromatic carbocycles. The van der Waals surface area contributed by atoms with Gasteiger partial charge in [0.2, 0.25) is 4.77 Å². The van der Waals surface area contributed by atoms with Gasteiger partial charge in [-0.3, -0.25) is 0 Å². The van der Waals surface area contributed by atoms with E-state index < -0.39 is 0 Å². The molecular weight excluding hydrogens is 214 g/mol. The highest BCUT2D eigenvalue weighted by Crippen LogP contribution is 2.32. The fraction of sp³-hybridized carbons (Fsp3) is 0.333. The van der Waals surface area contributed by atoms with Crippen molar-refractivity contribution in [3.8, 4) is 0 Å². The van der Waals surface area contributed by atoms with Crippen molar-refractivity contribution in [2.24, 2.45) is 7.05 Å². The lowest BCUT2D eigenvalue weighted by Crippen LogP contribution is -2.04. The fourth-order valence-corrected chi connectivity index (χ4v) is 2.71. The van der Waals surface area contributed by atoms with Gasteiger partial charge in [-0.2, -0.15) is 0 Å². The molecule has 2 N–H and O–H groups in total. The Labute approximate surface area is 91.2 Å². The summed E-state index contributed by atoms with van der Waals surface area (Å²) in [6.07, 6.45) is 0. The Morgan fingerprint density at radius 2 is 2.07 bits per heavy atom. The molecular formula is C9H11N3S2. The standard InChI is InChI=1S/C9H11N3S2/c1-4-5(2)14-8-6(4)7(10)12(3)9(13)11-8/h10H2,1-3H3. The van der Waals surface area contributed by atoms with Crippen LogP contribution < -0.4 is 5.73 Å². The molecule has 2 aromatic rings. The summed E-state index contributed by atoms with van der Waals surface area (Å²) in [5, 5.41) is 1.05. The summed E-state index contributed by atoms with van der Waals surface area (Å²) in [4.78, 5) is 6.53. The fourth-order valence-electron chi connectivity index (χ4n) is 1.42. The number of nitrogens with two attached hydrogens (primary N) is 1. The number of nitrogen functional groups attached to an aromatic ring is 1. The third-order valence-corrected chi connectivity index (χ3v) is 3.93. The Morgan fingerprint density at radius 3 is 2.71 bits per heavy atom. The van der Waals surface area contributed by atoms with Crippen molar-refractivity contribution < 1.29 is 0 Å². The number of aryl methyl sites for hydroxylation is 2. The van der Waals surface area contributed by atoms with Crippen LogP contribution in [-0.2, 0) is 7.05 Å². The zero-order chi connectivity index (χ0) is 10.5. The molecule has 2 heterocycles. The van der Waals surface area contributed by atoms with Crippen LogP contribution in [0.25, 0.3) is 10.2 Å². The first-order valence-electron chi connectivity index (χ1n) is 4.24. The molecule has 0 atom stereocenters. The van der Waals surface area contributed by atoms with Gasteiger partial charge in [0, 0.05) is 11.9 Å². The van der Waals surface area contributed by atoms with Gasteiger partial charge in [0.05, 0.1) is 5.39 Å². The summed E-state index contributed by atoms with van der Waals surface area (Å²) >= 11 is 6.74. The molecule has 0 fully saturated rings. The second-order valence-corrected chi connectivity index (χ2v) is 4.87. The lowest BCUT2D eigenvalue weighted by atomic mass is 10.2. The van der Waals surface area contributed by atoms with Gasteiger partial charge in [0.25, 0.3) is 0 Å². The number of anilines is 1. The molecule has 2 aromatic heterocycles. The maximum Gasteiger partial charge on any atom is 0.202 e. The van der Waals surface area contributed by atoms with Crippen LogP contribution in [0.3, 0.4) is 0 Å². The van der Waals surface area contributed by atoms with Crippen molar-refractivity contribution >= 4 is 39.6 Å². The van der Waals surface area contributed by atoms with E-state index in [0.29, 0.717) is 10.6 Å². The summed E-state index contributed by atoms with van der Waals surface area (Å²) in [5.74, 6) is 0.710. The predicted octanol–water partition coefficient (Wildman–Crippen LogP) is 2.56. The Balaban J connectivity index is 3.07. The number of hydrogen-bond donors (Lipinski definition) is 1. The number of aromatic nitrogens is 2. The molecule has 5 heteroatoms. The lowest BCUT2D eigenvalue weighted by Gasteiger charge is -2.05. The monoisotopic (exact) mass is 225 g/mol. The van der Waals surface area contributed by atoms with E-state index in [1.807, 2.05) is 7.05 Å². The summed E-state index contributed by atoms with van der Waals surface area (Å²) in [7, 11) is 1.84. The smallest absolute Gasteiger partial charge is 0.202 e. The minimum absolute atomic E-state index is 0.538. The van der Waals surface area contributed by atoms with E-state index in [9.17, 15) is 0 Å². The molecule has 0 amide bonds. The molecule has 0 spiro atoms. The predicted molar refractivity (Wildman–Crippen MR) is 63.3 cm³/mol. The molecule has 14 heavy (non-hydrogen) atoms. The number of thiophene rings is 1. The van der Waals surface area contributed by atoms with Crippen molar-refractivity contribution in [3.05, 3.63) is 15.2 Å². The minimum atomic E-state index is 0.538. The van der Waals surface area contributed by atoms with Crippen molar-refractivity contribution in [1.82, 2.24) is 9.55 Å². The molecule has 0 radical (unpaired) electrons. The zero-order valence-electron chi connectivity index (χ0n) is 8.29. The lowest BCUT2D eigenvalue weighted by molar-refractivity contribution is 0.875. The quantitative estimate of drug-likeness (QED) is 0.701. The van der Waals surface area contributed by atoms with Crippen molar-refractivity contribution in [2.75, 3.05) is 5.73 Å². The summed E-state index contributed by atoms with van der Waals surface area (Å²) in [6.45, 7) is 4.14. The van der Waals surface area contributed by atoms with Gasteiger partial charge in [-0.05, 0) is 31.6 Å². The number of nitrogens with zero attached hydrogens (tertiary/aromatic N) is 2. The number of hydrogen-bond acceptors (Lipinski definition) is 4. The molecule has 3 nitrogen and oxygen atoms in total. The Kier molecular flexibility index (Phi) is 2.08. The first-order chi connectivity index (χ1) is 6.52. The van der Waals surface area contributed by atoms with Gasteiger partial charge in [0.1, 0.15) is 10.6 Å². The molecule has 0 unspecified atom stereocenters. The van der Waals surface area contributed by atoms with E-state index in [1.54, 1.807) is 15.9 Å². The molecule has 0 aliphatic carbocycles. The van der Waals surface area contributed by atoms with Gasteiger partial charge < -0.3 is 10.3 Å². The number of fused-ring (bicyclic) bond motifs is 1. The van der Waals surface area contributed by atoms with E-state index in [-0.39, 0.29) is 0 Å². The van der Waals surface area contributed by atoms with Crippen LogP contribution in [-0.4, -0.2) is 9.55 Å². The van der Waals surface area contributed by atoms with Crippen LogP contribution in [0.1, 0.15) is 10.4 Å². The normalized spacial score (nSPS) is 11.1. The first-order valence-corrected chi connectivity index (χ1v) is 5.47. The maximum atomic E-state index is 6.00.